The predicted octanol–water partition coefficient (Wildman–Crippen LogP) is 3.76. The number of nitrogens with two attached hydrogens (primary N) is 1. The van der Waals surface area contributed by atoms with Crippen LogP contribution in [0.1, 0.15) is 31.4 Å². The fourth-order valence-corrected chi connectivity index (χ4v) is 4.11. The Hall–Kier alpha value is -3.19. The van der Waals surface area contributed by atoms with E-state index in [1.165, 1.54) is 0 Å². The molecule has 29 heavy (non-hydrogen) atoms. The molecule has 1 fully saturated rings. The first-order valence-electron chi connectivity index (χ1n) is 10.0. The molecule has 0 radical (unpaired) electrons. The van der Waals surface area contributed by atoms with Crippen LogP contribution in [-0.4, -0.2) is 38.7 Å². The Kier molecular flexibility index (Phi) is 4.52. The Morgan fingerprint density at radius 1 is 1.24 bits per heavy atom. The number of fused-ring (bicyclic) bond motifs is 3. The number of anilines is 1. The highest BCUT2D eigenvalue weighted by Gasteiger charge is 2.22. The van der Waals surface area contributed by atoms with Crippen LogP contribution in [0.4, 0.5) is 5.82 Å². The number of aromatic nitrogens is 4. The number of hydrogen-bond acceptors (Lipinski definition) is 5. The van der Waals surface area contributed by atoms with E-state index in [9.17, 15) is 4.79 Å². The number of carbonyl (C=O) groups is 1. The van der Waals surface area contributed by atoms with Gasteiger partial charge in [-0.3, -0.25) is 9.89 Å². The summed E-state index contributed by atoms with van der Waals surface area (Å²) in [5, 5.41) is 8.93. The Bertz CT molecular complexity index is 1170. The van der Waals surface area contributed by atoms with E-state index in [2.05, 4.69) is 32.3 Å². The second kappa shape index (κ2) is 7.33. The number of benzene rings is 1. The van der Waals surface area contributed by atoms with Crippen LogP contribution in [0, 0.1) is 0 Å². The number of hydrogen-bond donors (Lipinski definition) is 3. The first-order valence-corrected chi connectivity index (χ1v) is 10.0. The Balaban J connectivity index is 1.39. The summed E-state index contributed by atoms with van der Waals surface area (Å²) in [5.74, 6) is 0.726. The first kappa shape index (κ1) is 17.9. The summed E-state index contributed by atoms with van der Waals surface area (Å²) in [4.78, 5) is 20.3. The van der Waals surface area contributed by atoms with Gasteiger partial charge in [-0.25, -0.2) is 4.98 Å². The van der Waals surface area contributed by atoms with Crippen LogP contribution in [0.3, 0.4) is 0 Å². The number of nitrogens with one attached hydrogen (secondary N) is 2. The summed E-state index contributed by atoms with van der Waals surface area (Å²) < 4.78 is 5.48. The van der Waals surface area contributed by atoms with Crippen LogP contribution in [0.2, 0.25) is 0 Å². The molecule has 4 heterocycles. The standard InChI is InChI=1S/C22H23N5O2/c23-22-16-12-14(3-1-4-19(28)20-5-2-10-29-20)25-21(16)15-7-6-13(11-18(15)26-22)17-8-9-24-27-17/h6-9,11-12,20,25H,1-5,10H2,(H2,23,26)(H,24,27). The molecule has 5 rings (SSSR count). The topological polar surface area (TPSA) is 110 Å². The number of pyridine rings is 1. The maximum atomic E-state index is 12.2. The fraction of sp³-hybridized carbons (Fsp3) is 0.318. The zero-order valence-corrected chi connectivity index (χ0v) is 16.1. The molecule has 4 aromatic rings. The van der Waals surface area contributed by atoms with Crippen molar-refractivity contribution in [3.05, 3.63) is 42.2 Å². The zero-order chi connectivity index (χ0) is 19.8. The van der Waals surface area contributed by atoms with Gasteiger partial charge in [0.2, 0.25) is 0 Å². The molecule has 1 saturated heterocycles. The summed E-state index contributed by atoms with van der Waals surface area (Å²) in [6, 6.07) is 10.1. The quantitative estimate of drug-likeness (QED) is 0.465. The molecule has 148 valence electrons. The molecule has 0 bridgehead atoms. The van der Waals surface area contributed by atoms with Crippen LogP contribution < -0.4 is 5.73 Å². The maximum Gasteiger partial charge on any atom is 0.161 e. The van der Waals surface area contributed by atoms with Crippen LogP contribution in [0.5, 0.6) is 0 Å². The van der Waals surface area contributed by atoms with Crippen LogP contribution in [0.25, 0.3) is 33.1 Å². The number of H-pyrrole nitrogens is 2. The third-order valence-corrected chi connectivity index (χ3v) is 5.63. The molecule has 1 unspecified atom stereocenters. The van der Waals surface area contributed by atoms with Gasteiger partial charge in [-0.1, -0.05) is 12.1 Å². The Morgan fingerprint density at radius 3 is 2.97 bits per heavy atom. The highest BCUT2D eigenvalue weighted by Crippen LogP contribution is 2.31. The molecule has 1 aromatic carbocycles. The minimum absolute atomic E-state index is 0.189. The number of carbonyl (C=O) groups excluding carboxylic acids is 1. The summed E-state index contributed by atoms with van der Waals surface area (Å²) in [6.45, 7) is 0.708. The van der Waals surface area contributed by atoms with Gasteiger partial charge in [0.05, 0.1) is 16.7 Å². The van der Waals surface area contributed by atoms with Gasteiger partial charge in [0.15, 0.2) is 5.78 Å². The van der Waals surface area contributed by atoms with Gasteiger partial charge in [-0.05, 0) is 43.9 Å². The van der Waals surface area contributed by atoms with Gasteiger partial charge in [-0.15, -0.1) is 0 Å². The van der Waals surface area contributed by atoms with Gasteiger partial charge in [0.25, 0.3) is 0 Å². The molecule has 0 spiro atoms. The predicted molar refractivity (Wildman–Crippen MR) is 113 cm³/mol. The minimum Gasteiger partial charge on any atom is -0.383 e. The summed E-state index contributed by atoms with van der Waals surface area (Å²) >= 11 is 0. The number of ether oxygens (including phenoxy) is 1. The first-order chi connectivity index (χ1) is 14.2. The number of ketones is 1. The van der Waals surface area contributed by atoms with Crippen molar-refractivity contribution >= 4 is 33.4 Å². The zero-order valence-electron chi connectivity index (χ0n) is 16.1. The Morgan fingerprint density at radius 2 is 2.17 bits per heavy atom. The van der Waals surface area contributed by atoms with E-state index in [1.54, 1.807) is 6.20 Å². The minimum atomic E-state index is -0.189. The van der Waals surface area contributed by atoms with Crippen LogP contribution >= 0.6 is 0 Å². The van der Waals surface area contributed by atoms with E-state index in [-0.39, 0.29) is 11.9 Å². The maximum absolute atomic E-state index is 12.2. The fourth-order valence-electron chi connectivity index (χ4n) is 4.11. The van der Waals surface area contributed by atoms with E-state index in [4.69, 9.17) is 10.5 Å². The van der Waals surface area contributed by atoms with E-state index < -0.39 is 0 Å². The number of aryl methyl sites for hydroxylation is 1. The molecular weight excluding hydrogens is 366 g/mol. The average molecular weight is 389 g/mol. The van der Waals surface area contributed by atoms with Gasteiger partial charge in [0, 0.05) is 41.3 Å². The largest absolute Gasteiger partial charge is 0.383 e. The normalized spacial score (nSPS) is 16.8. The van der Waals surface area contributed by atoms with Gasteiger partial charge < -0.3 is 15.5 Å². The average Bonchev–Trinajstić information content (AvgIpc) is 3.48. The highest BCUT2D eigenvalue weighted by atomic mass is 16.5. The second-order valence-electron chi connectivity index (χ2n) is 7.60. The number of nitrogens with zero attached hydrogens (tertiary/aromatic N) is 2. The number of aromatic amines is 2. The molecule has 0 aliphatic carbocycles. The highest BCUT2D eigenvalue weighted by molar-refractivity contribution is 6.08. The Labute approximate surface area is 167 Å². The third-order valence-electron chi connectivity index (χ3n) is 5.63. The molecular formula is C22H23N5O2. The van der Waals surface area contributed by atoms with Gasteiger partial charge in [-0.2, -0.15) is 5.10 Å². The van der Waals surface area contributed by atoms with Crippen molar-refractivity contribution in [2.45, 2.75) is 38.2 Å². The van der Waals surface area contributed by atoms with Crippen molar-refractivity contribution in [2.75, 3.05) is 12.3 Å². The second-order valence-corrected chi connectivity index (χ2v) is 7.60. The lowest BCUT2D eigenvalue weighted by Gasteiger charge is -2.07. The molecule has 3 aromatic heterocycles. The monoisotopic (exact) mass is 389 g/mol. The molecule has 4 N–H and O–H groups in total. The SMILES string of the molecule is Nc1nc2cc(-c3ccn[nH]3)ccc2c2[nH]c(CCCC(=O)C3CCCO3)cc12. The lowest BCUT2D eigenvalue weighted by molar-refractivity contribution is -0.127. The summed E-state index contributed by atoms with van der Waals surface area (Å²) in [6.07, 6.45) is 5.51. The van der Waals surface area contributed by atoms with Crippen molar-refractivity contribution < 1.29 is 9.53 Å². The van der Waals surface area contributed by atoms with E-state index >= 15 is 0 Å². The smallest absolute Gasteiger partial charge is 0.161 e. The number of rotatable bonds is 6. The van der Waals surface area contributed by atoms with Gasteiger partial charge in [0.1, 0.15) is 11.9 Å². The third kappa shape index (κ3) is 3.38. The van der Waals surface area contributed by atoms with E-state index in [0.717, 1.165) is 64.4 Å². The molecule has 1 aliphatic heterocycles. The van der Waals surface area contributed by atoms with Crippen molar-refractivity contribution in [2.24, 2.45) is 0 Å². The molecule has 0 saturated carbocycles. The van der Waals surface area contributed by atoms with E-state index in [1.807, 2.05) is 18.2 Å². The van der Waals surface area contributed by atoms with Crippen molar-refractivity contribution in [3.8, 4) is 11.3 Å². The van der Waals surface area contributed by atoms with Gasteiger partial charge >= 0.3 is 0 Å². The molecule has 1 aliphatic rings. The number of Topliss-reactive ketones (excluding diaryl/α,β-unsaturated/α-hetero) is 1. The van der Waals surface area contributed by atoms with Crippen molar-refractivity contribution in [1.82, 2.24) is 20.2 Å². The van der Waals surface area contributed by atoms with E-state index in [0.29, 0.717) is 18.8 Å². The van der Waals surface area contributed by atoms with Crippen molar-refractivity contribution in [1.29, 1.82) is 0 Å². The number of nitrogen functional groups attached to an aromatic ring is 1. The van der Waals surface area contributed by atoms with Crippen LogP contribution in [0.15, 0.2) is 36.5 Å². The summed E-state index contributed by atoms with van der Waals surface area (Å²) in [7, 11) is 0. The molecule has 0 amide bonds. The lowest BCUT2D eigenvalue weighted by Crippen LogP contribution is -2.19. The van der Waals surface area contributed by atoms with Crippen molar-refractivity contribution in [3.63, 3.8) is 0 Å². The molecule has 7 nitrogen and oxygen atoms in total. The molecule has 7 heteroatoms. The van der Waals surface area contributed by atoms with Crippen LogP contribution in [-0.2, 0) is 16.0 Å². The summed E-state index contributed by atoms with van der Waals surface area (Å²) in [5.41, 5.74) is 11.1. The lowest BCUT2D eigenvalue weighted by atomic mass is 10.1. The molecule has 1 atom stereocenters.